The molecule has 1 N–H and O–H groups in total. The molecular formula is C18H19N3O4. The monoisotopic (exact) mass is 341 g/mol. The summed E-state index contributed by atoms with van der Waals surface area (Å²) in [7, 11) is 4.75. The molecule has 0 aliphatic rings. The van der Waals surface area contributed by atoms with Gasteiger partial charge in [0.1, 0.15) is 18.0 Å². The molecular weight excluding hydrogens is 322 g/mol. The van der Waals surface area contributed by atoms with Crippen molar-refractivity contribution >= 4 is 22.6 Å². The predicted molar refractivity (Wildman–Crippen MR) is 95.4 cm³/mol. The van der Waals surface area contributed by atoms with Gasteiger partial charge in [-0.3, -0.25) is 13.9 Å². The van der Waals surface area contributed by atoms with E-state index in [0.717, 1.165) is 5.52 Å². The van der Waals surface area contributed by atoms with Gasteiger partial charge in [0.15, 0.2) is 0 Å². The molecule has 1 amide bonds. The number of aromatic nitrogens is 2. The van der Waals surface area contributed by atoms with Gasteiger partial charge in [-0.2, -0.15) is 0 Å². The summed E-state index contributed by atoms with van der Waals surface area (Å²) in [5, 5.41) is 2.77. The van der Waals surface area contributed by atoms with E-state index in [-0.39, 0.29) is 18.1 Å². The smallest absolute Gasteiger partial charge is 0.329 e. The van der Waals surface area contributed by atoms with Crippen molar-refractivity contribution in [2.75, 3.05) is 19.5 Å². The second-order valence-corrected chi connectivity index (χ2v) is 5.53. The zero-order valence-corrected chi connectivity index (χ0v) is 14.3. The Labute approximate surface area is 144 Å². The number of nitrogens with zero attached hydrogens (tertiary/aromatic N) is 2. The van der Waals surface area contributed by atoms with Crippen LogP contribution in [0.2, 0.25) is 0 Å². The molecule has 0 atom stereocenters. The predicted octanol–water partition coefficient (Wildman–Crippen LogP) is 2.00. The SMILES string of the molecule is COc1ccc(OC)c(NC(=O)Cn2c(=O)n(C)c3ccccc32)c1. The van der Waals surface area contributed by atoms with Gasteiger partial charge < -0.3 is 14.8 Å². The van der Waals surface area contributed by atoms with E-state index in [1.165, 1.54) is 16.2 Å². The van der Waals surface area contributed by atoms with Crippen molar-refractivity contribution in [1.29, 1.82) is 0 Å². The molecule has 0 bridgehead atoms. The van der Waals surface area contributed by atoms with Crippen LogP contribution in [0.5, 0.6) is 11.5 Å². The summed E-state index contributed by atoms with van der Waals surface area (Å²) in [6.45, 7) is -0.0967. The minimum absolute atomic E-state index is 0.0967. The number of aryl methyl sites for hydroxylation is 1. The number of fused-ring (bicyclic) bond motifs is 1. The van der Waals surface area contributed by atoms with Gasteiger partial charge in [0.05, 0.1) is 30.9 Å². The molecule has 2 aromatic carbocycles. The maximum atomic E-state index is 12.5. The van der Waals surface area contributed by atoms with E-state index in [1.807, 2.05) is 24.3 Å². The number of ether oxygens (including phenoxy) is 2. The average Bonchev–Trinajstić information content (AvgIpc) is 2.87. The van der Waals surface area contributed by atoms with Crippen molar-refractivity contribution < 1.29 is 14.3 Å². The maximum absolute atomic E-state index is 12.5. The topological polar surface area (TPSA) is 74.5 Å². The summed E-state index contributed by atoms with van der Waals surface area (Å²) in [6.07, 6.45) is 0. The Hall–Kier alpha value is -3.22. The highest BCUT2D eigenvalue weighted by Gasteiger charge is 2.15. The highest BCUT2D eigenvalue weighted by atomic mass is 16.5. The fraction of sp³-hybridized carbons (Fsp3) is 0.222. The summed E-state index contributed by atoms with van der Waals surface area (Å²) >= 11 is 0. The number of carbonyl (C=O) groups excluding carboxylic acids is 1. The zero-order chi connectivity index (χ0) is 18.0. The van der Waals surface area contributed by atoms with Gasteiger partial charge in [0.2, 0.25) is 5.91 Å². The van der Waals surface area contributed by atoms with Crippen LogP contribution in [0.1, 0.15) is 0 Å². The van der Waals surface area contributed by atoms with Crippen LogP contribution in [-0.2, 0) is 18.4 Å². The van der Waals surface area contributed by atoms with Gasteiger partial charge in [-0.1, -0.05) is 12.1 Å². The fourth-order valence-electron chi connectivity index (χ4n) is 2.76. The normalized spacial score (nSPS) is 10.7. The number of methoxy groups -OCH3 is 2. The standard InChI is InChI=1S/C18H19N3O4/c1-20-14-6-4-5-7-15(14)21(18(20)23)11-17(22)19-13-10-12(24-2)8-9-16(13)25-3/h4-10H,11H2,1-3H3,(H,19,22). The van der Waals surface area contributed by atoms with Crippen LogP contribution in [0, 0.1) is 0 Å². The molecule has 0 fully saturated rings. The molecule has 0 aliphatic carbocycles. The van der Waals surface area contributed by atoms with Gasteiger partial charge in [-0.05, 0) is 24.3 Å². The van der Waals surface area contributed by atoms with Crippen molar-refractivity contribution in [2.45, 2.75) is 6.54 Å². The Morgan fingerprint density at radius 3 is 2.48 bits per heavy atom. The van der Waals surface area contributed by atoms with E-state index in [9.17, 15) is 9.59 Å². The zero-order valence-electron chi connectivity index (χ0n) is 14.3. The number of benzene rings is 2. The first kappa shape index (κ1) is 16.6. The molecule has 0 radical (unpaired) electrons. The lowest BCUT2D eigenvalue weighted by Gasteiger charge is -2.12. The highest BCUT2D eigenvalue weighted by Crippen LogP contribution is 2.28. The number of hydrogen-bond donors (Lipinski definition) is 1. The molecule has 3 rings (SSSR count). The Kier molecular flexibility index (Phi) is 4.47. The van der Waals surface area contributed by atoms with Crippen molar-refractivity contribution in [3.8, 4) is 11.5 Å². The second kappa shape index (κ2) is 6.72. The molecule has 1 heterocycles. The molecule has 130 valence electrons. The number of nitrogens with one attached hydrogen (secondary N) is 1. The van der Waals surface area contributed by atoms with Crippen LogP contribution in [0.15, 0.2) is 47.3 Å². The quantitative estimate of drug-likeness (QED) is 0.770. The Balaban J connectivity index is 1.90. The van der Waals surface area contributed by atoms with Crippen LogP contribution in [-0.4, -0.2) is 29.3 Å². The molecule has 0 saturated carbocycles. The summed E-state index contributed by atoms with van der Waals surface area (Å²) in [5.41, 5.74) is 1.73. The average molecular weight is 341 g/mol. The summed E-state index contributed by atoms with van der Waals surface area (Å²) in [4.78, 5) is 24.9. The molecule has 25 heavy (non-hydrogen) atoms. The third kappa shape index (κ3) is 3.08. The van der Waals surface area contributed by atoms with Gasteiger partial charge in [0.25, 0.3) is 0 Å². The molecule has 1 aromatic heterocycles. The van der Waals surface area contributed by atoms with Crippen LogP contribution in [0.25, 0.3) is 11.0 Å². The molecule has 0 unspecified atom stereocenters. The largest absolute Gasteiger partial charge is 0.497 e. The van der Waals surface area contributed by atoms with Crippen molar-refractivity contribution in [3.63, 3.8) is 0 Å². The molecule has 0 saturated heterocycles. The minimum Gasteiger partial charge on any atom is -0.497 e. The van der Waals surface area contributed by atoms with E-state index in [2.05, 4.69) is 5.32 Å². The van der Waals surface area contributed by atoms with Crippen LogP contribution in [0.3, 0.4) is 0 Å². The van der Waals surface area contributed by atoms with Gasteiger partial charge >= 0.3 is 5.69 Å². The highest BCUT2D eigenvalue weighted by molar-refractivity contribution is 5.93. The fourth-order valence-corrected chi connectivity index (χ4v) is 2.76. The molecule has 7 heteroatoms. The van der Waals surface area contributed by atoms with E-state index < -0.39 is 0 Å². The lowest BCUT2D eigenvalue weighted by Crippen LogP contribution is -2.28. The summed E-state index contributed by atoms with van der Waals surface area (Å²) in [6, 6.07) is 12.5. The van der Waals surface area contributed by atoms with E-state index in [1.54, 1.807) is 32.4 Å². The molecule has 3 aromatic rings. The number of para-hydroxylation sites is 2. The van der Waals surface area contributed by atoms with E-state index in [4.69, 9.17) is 9.47 Å². The first-order valence-electron chi connectivity index (χ1n) is 7.71. The van der Waals surface area contributed by atoms with Crippen molar-refractivity contribution in [1.82, 2.24) is 9.13 Å². The Morgan fingerprint density at radius 1 is 1.08 bits per heavy atom. The van der Waals surface area contributed by atoms with Crippen molar-refractivity contribution in [2.24, 2.45) is 7.05 Å². The third-order valence-corrected chi connectivity index (χ3v) is 4.03. The molecule has 7 nitrogen and oxygen atoms in total. The third-order valence-electron chi connectivity index (χ3n) is 4.03. The molecule has 0 aliphatic heterocycles. The van der Waals surface area contributed by atoms with Crippen LogP contribution < -0.4 is 20.5 Å². The first-order valence-corrected chi connectivity index (χ1v) is 7.71. The Bertz CT molecular complexity index is 988. The van der Waals surface area contributed by atoms with E-state index >= 15 is 0 Å². The number of hydrogen-bond acceptors (Lipinski definition) is 4. The number of anilines is 1. The summed E-state index contributed by atoms with van der Waals surface area (Å²) in [5.74, 6) is 0.780. The Morgan fingerprint density at radius 2 is 1.80 bits per heavy atom. The number of amides is 1. The minimum atomic E-state index is -0.329. The lowest BCUT2D eigenvalue weighted by atomic mass is 10.2. The number of imidazole rings is 1. The van der Waals surface area contributed by atoms with E-state index in [0.29, 0.717) is 22.7 Å². The van der Waals surface area contributed by atoms with Crippen LogP contribution in [0.4, 0.5) is 5.69 Å². The van der Waals surface area contributed by atoms with Gasteiger partial charge in [-0.15, -0.1) is 0 Å². The van der Waals surface area contributed by atoms with Gasteiger partial charge in [-0.25, -0.2) is 4.79 Å². The lowest BCUT2D eigenvalue weighted by molar-refractivity contribution is -0.116. The number of rotatable bonds is 5. The first-order chi connectivity index (χ1) is 12.0. The summed E-state index contributed by atoms with van der Waals surface area (Å²) < 4.78 is 13.4. The molecule has 0 spiro atoms. The van der Waals surface area contributed by atoms with Gasteiger partial charge in [0, 0.05) is 13.1 Å². The second-order valence-electron chi connectivity index (χ2n) is 5.53. The van der Waals surface area contributed by atoms with Crippen molar-refractivity contribution in [3.05, 3.63) is 52.9 Å². The maximum Gasteiger partial charge on any atom is 0.329 e. The number of carbonyl (C=O) groups is 1. The van der Waals surface area contributed by atoms with Crippen LogP contribution >= 0.6 is 0 Å².